The Morgan fingerprint density at radius 2 is 2.00 bits per heavy atom. The van der Waals surface area contributed by atoms with E-state index in [0.717, 1.165) is 24.8 Å². The number of thiocarbonyl (C=S) groups is 1. The van der Waals surface area contributed by atoms with Crippen LogP contribution in [0.15, 0.2) is 30.3 Å². The molecule has 0 radical (unpaired) electrons. The van der Waals surface area contributed by atoms with Gasteiger partial charge in [-0.1, -0.05) is 37.3 Å². The van der Waals surface area contributed by atoms with E-state index in [-0.39, 0.29) is 17.4 Å². The van der Waals surface area contributed by atoms with E-state index in [0.29, 0.717) is 5.11 Å². The zero-order valence-electron chi connectivity index (χ0n) is 11.4. The van der Waals surface area contributed by atoms with E-state index in [4.69, 9.17) is 12.2 Å². The minimum Gasteiger partial charge on any atom is -0.360 e. The standard InChI is InChI=1S/C15H20N2OS/c1-3-11(2)16-14(19)17-13(18)15(9-10-15)12-7-5-4-6-8-12/h4-8,11H,3,9-10H2,1-2H3,(H2,16,17,18,19). The summed E-state index contributed by atoms with van der Waals surface area (Å²) >= 11 is 5.18. The molecule has 4 heteroatoms. The third kappa shape index (κ3) is 3.13. The van der Waals surface area contributed by atoms with Gasteiger partial charge < -0.3 is 10.6 Å². The first kappa shape index (κ1) is 14.0. The van der Waals surface area contributed by atoms with Gasteiger partial charge in [-0.25, -0.2) is 0 Å². The van der Waals surface area contributed by atoms with Gasteiger partial charge in [-0.15, -0.1) is 0 Å². The predicted octanol–water partition coefficient (Wildman–Crippen LogP) is 2.51. The molecule has 1 aliphatic carbocycles. The molecule has 1 atom stereocenters. The molecule has 1 saturated carbocycles. The summed E-state index contributed by atoms with van der Waals surface area (Å²) in [5, 5.41) is 6.37. The number of carbonyl (C=O) groups is 1. The maximum atomic E-state index is 12.4. The second-order valence-electron chi connectivity index (χ2n) is 5.19. The van der Waals surface area contributed by atoms with Crippen molar-refractivity contribution >= 4 is 23.2 Å². The van der Waals surface area contributed by atoms with Crippen molar-refractivity contribution in [2.75, 3.05) is 0 Å². The van der Waals surface area contributed by atoms with Gasteiger partial charge in [0.05, 0.1) is 5.41 Å². The van der Waals surface area contributed by atoms with Gasteiger partial charge in [0, 0.05) is 6.04 Å². The second kappa shape index (κ2) is 5.70. The van der Waals surface area contributed by atoms with Crippen LogP contribution in [0.3, 0.4) is 0 Å². The Labute approximate surface area is 119 Å². The van der Waals surface area contributed by atoms with Crippen LogP contribution in [-0.4, -0.2) is 17.1 Å². The quantitative estimate of drug-likeness (QED) is 0.830. The lowest BCUT2D eigenvalue weighted by Crippen LogP contribution is -2.46. The lowest BCUT2D eigenvalue weighted by atomic mass is 9.95. The van der Waals surface area contributed by atoms with Crippen LogP contribution in [0.25, 0.3) is 0 Å². The molecule has 19 heavy (non-hydrogen) atoms. The van der Waals surface area contributed by atoms with Gasteiger partial charge in [-0.2, -0.15) is 0 Å². The van der Waals surface area contributed by atoms with Gasteiger partial charge in [0.15, 0.2) is 5.11 Å². The summed E-state index contributed by atoms with van der Waals surface area (Å²) in [6.45, 7) is 4.12. The highest BCUT2D eigenvalue weighted by Crippen LogP contribution is 2.48. The van der Waals surface area contributed by atoms with Crippen molar-refractivity contribution in [2.45, 2.75) is 44.6 Å². The molecule has 0 bridgehead atoms. The Bertz CT molecular complexity index is 468. The van der Waals surface area contributed by atoms with Crippen LogP contribution in [0.5, 0.6) is 0 Å². The van der Waals surface area contributed by atoms with Gasteiger partial charge in [0.2, 0.25) is 5.91 Å². The largest absolute Gasteiger partial charge is 0.360 e. The van der Waals surface area contributed by atoms with Gasteiger partial charge in [0.1, 0.15) is 0 Å². The Morgan fingerprint density at radius 1 is 1.37 bits per heavy atom. The van der Waals surface area contributed by atoms with Gasteiger partial charge in [-0.05, 0) is 44.0 Å². The monoisotopic (exact) mass is 276 g/mol. The molecule has 0 aliphatic heterocycles. The van der Waals surface area contributed by atoms with Crippen molar-refractivity contribution in [1.82, 2.24) is 10.6 Å². The van der Waals surface area contributed by atoms with Gasteiger partial charge in [0.25, 0.3) is 0 Å². The van der Waals surface area contributed by atoms with Crippen molar-refractivity contribution in [3.8, 4) is 0 Å². The molecule has 1 amide bonds. The number of carbonyl (C=O) groups excluding carboxylic acids is 1. The topological polar surface area (TPSA) is 41.1 Å². The molecule has 1 aliphatic rings. The maximum absolute atomic E-state index is 12.4. The minimum absolute atomic E-state index is 0.0134. The first-order valence-corrected chi connectivity index (χ1v) is 7.17. The van der Waals surface area contributed by atoms with Gasteiger partial charge >= 0.3 is 0 Å². The van der Waals surface area contributed by atoms with Crippen molar-refractivity contribution in [3.05, 3.63) is 35.9 Å². The van der Waals surface area contributed by atoms with Crippen LogP contribution >= 0.6 is 12.2 Å². The van der Waals surface area contributed by atoms with Crippen LogP contribution in [0.4, 0.5) is 0 Å². The summed E-state index contributed by atoms with van der Waals surface area (Å²) in [6.07, 6.45) is 2.77. The second-order valence-corrected chi connectivity index (χ2v) is 5.59. The highest BCUT2D eigenvalue weighted by atomic mass is 32.1. The minimum atomic E-state index is -0.359. The van der Waals surface area contributed by atoms with Crippen LogP contribution in [0, 0.1) is 0 Å². The molecule has 0 saturated heterocycles. The predicted molar refractivity (Wildman–Crippen MR) is 81.0 cm³/mol. The van der Waals surface area contributed by atoms with E-state index in [1.165, 1.54) is 0 Å². The average Bonchev–Trinajstić information content (AvgIpc) is 3.21. The SMILES string of the molecule is CCC(C)NC(=S)NC(=O)C1(c2ccccc2)CC1. The summed E-state index contributed by atoms with van der Waals surface area (Å²) in [7, 11) is 0. The van der Waals surface area contributed by atoms with Gasteiger partial charge in [-0.3, -0.25) is 4.79 Å². The fraction of sp³-hybridized carbons (Fsp3) is 0.467. The third-order valence-corrected chi connectivity index (χ3v) is 3.95. The molecular formula is C15H20N2OS. The number of amides is 1. The molecule has 1 aromatic rings. The van der Waals surface area contributed by atoms with E-state index in [1.807, 2.05) is 37.3 Å². The van der Waals surface area contributed by atoms with Crippen molar-refractivity contribution in [1.29, 1.82) is 0 Å². The number of rotatable bonds is 4. The molecule has 0 spiro atoms. The summed E-state index contributed by atoms with van der Waals surface area (Å²) in [5.41, 5.74) is 0.724. The first-order valence-electron chi connectivity index (χ1n) is 6.76. The average molecular weight is 276 g/mol. The highest BCUT2D eigenvalue weighted by Gasteiger charge is 2.51. The molecule has 102 valence electrons. The molecule has 1 aromatic carbocycles. The van der Waals surface area contributed by atoms with E-state index in [9.17, 15) is 4.79 Å². The lowest BCUT2D eigenvalue weighted by molar-refractivity contribution is -0.122. The van der Waals surface area contributed by atoms with Crippen LogP contribution in [0.1, 0.15) is 38.7 Å². The van der Waals surface area contributed by atoms with E-state index in [1.54, 1.807) is 0 Å². The van der Waals surface area contributed by atoms with E-state index in [2.05, 4.69) is 17.6 Å². The molecule has 2 N–H and O–H groups in total. The maximum Gasteiger partial charge on any atom is 0.236 e. The molecular weight excluding hydrogens is 256 g/mol. The molecule has 1 fully saturated rings. The summed E-state index contributed by atoms with van der Waals surface area (Å²) < 4.78 is 0. The first-order chi connectivity index (χ1) is 9.08. The highest BCUT2D eigenvalue weighted by molar-refractivity contribution is 7.80. The zero-order valence-corrected chi connectivity index (χ0v) is 12.2. The molecule has 0 heterocycles. The molecule has 3 nitrogen and oxygen atoms in total. The Morgan fingerprint density at radius 3 is 2.53 bits per heavy atom. The van der Waals surface area contributed by atoms with Crippen molar-refractivity contribution < 1.29 is 4.79 Å². The Hall–Kier alpha value is -1.42. The van der Waals surface area contributed by atoms with Crippen molar-refractivity contribution in [2.24, 2.45) is 0 Å². The number of nitrogens with one attached hydrogen (secondary N) is 2. The molecule has 0 aromatic heterocycles. The number of benzene rings is 1. The summed E-state index contributed by atoms with van der Waals surface area (Å²) in [4.78, 5) is 12.4. The smallest absolute Gasteiger partial charge is 0.236 e. The summed E-state index contributed by atoms with van der Waals surface area (Å²) in [5.74, 6) is 0.0134. The number of hydrogen-bond donors (Lipinski definition) is 2. The van der Waals surface area contributed by atoms with E-state index < -0.39 is 0 Å². The third-order valence-electron chi connectivity index (χ3n) is 3.73. The van der Waals surface area contributed by atoms with Crippen molar-refractivity contribution in [3.63, 3.8) is 0 Å². The summed E-state index contributed by atoms with van der Waals surface area (Å²) in [6, 6.07) is 10.2. The Balaban J connectivity index is 1.99. The fourth-order valence-corrected chi connectivity index (χ4v) is 2.41. The van der Waals surface area contributed by atoms with Crippen LogP contribution in [0.2, 0.25) is 0 Å². The van der Waals surface area contributed by atoms with Crippen LogP contribution < -0.4 is 10.6 Å². The number of hydrogen-bond acceptors (Lipinski definition) is 2. The van der Waals surface area contributed by atoms with Crippen LogP contribution in [-0.2, 0) is 10.2 Å². The molecule has 2 rings (SSSR count). The normalized spacial score (nSPS) is 17.4. The van der Waals surface area contributed by atoms with E-state index >= 15 is 0 Å². The zero-order chi connectivity index (χ0) is 13.9. The Kier molecular flexibility index (Phi) is 4.20. The molecule has 1 unspecified atom stereocenters. The lowest BCUT2D eigenvalue weighted by Gasteiger charge is -2.19. The fourth-order valence-electron chi connectivity index (χ4n) is 2.11.